The van der Waals surface area contributed by atoms with Crippen LogP contribution in [0.3, 0.4) is 0 Å². The van der Waals surface area contributed by atoms with Crippen LogP contribution in [-0.2, 0) is 13.6 Å². The van der Waals surface area contributed by atoms with E-state index in [9.17, 15) is 10.1 Å². The van der Waals surface area contributed by atoms with Crippen molar-refractivity contribution in [3.8, 4) is 11.3 Å². The number of hydrogen-bond donors (Lipinski definition) is 0. The van der Waals surface area contributed by atoms with Gasteiger partial charge in [0.25, 0.3) is 5.69 Å². The van der Waals surface area contributed by atoms with Crippen molar-refractivity contribution >= 4 is 11.4 Å². The molecular weight excluding hydrogens is 234 g/mol. The summed E-state index contributed by atoms with van der Waals surface area (Å²) in [5.41, 5.74) is 3.05. The Kier molecular flexibility index (Phi) is 2.09. The first-order valence-corrected chi connectivity index (χ1v) is 5.47. The number of para-hydroxylation sites is 1. The van der Waals surface area contributed by atoms with E-state index in [4.69, 9.17) is 0 Å². The summed E-state index contributed by atoms with van der Waals surface area (Å²) in [6.07, 6.45) is 0. The van der Waals surface area contributed by atoms with Crippen molar-refractivity contribution in [3.05, 3.63) is 34.0 Å². The van der Waals surface area contributed by atoms with Gasteiger partial charge in [0.2, 0.25) is 0 Å². The van der Waals surface area contributed by atoms with E-state index < -0.39 is 0 Å². The summed E-state index contributed by atoms with van der Waals surface area (Å²) >= 11 is 0. The second kappa shape index (κ2) is 3.52. The van der Waals surface area contributed by atoms with Gasteiger partial charge in [-0.2, -0.15) is 15.0 Å². The van der Waals surface area contributed by atoms with Crippen molar-refractivity contribution in [2.45, 2.75) is 6.54 Å². The van der Waals surface area contributed by atoms with E-state index in [1.807, 2.05) is 18.0 Å². The highest BCUT2D eigenvalue weighted by molar-refractivity contribution is 5.86. The van der Waals surface area contributed by atoms with Gasteiger partial charge in [-0.05, 0) is 0 Å². The third kappa shape index (κ3) is 1.37. The van der Waals surface area contributed by atoms with Gasteiger partial charge < -0.3 is 4.90 Å². The van der Waals surface area contributed by atoms with Gasteiger partial charge in [-0.25, -0.2) is 0 Å². The molecule has 0 saturated heterocycles. The van der Waals surface area contributed by atoms with E-state index in [0.29, 0.717) is 12.2 Å². The second-order valence-electron chi connectivity index (χ2n) is 4.27. The molecule has 0 atom stereocenters. The molecule has 0 aliphatic carbocycles. The average molecular weight is 245 g/mol. The zero-order valence-electron chi connectivity index (χ0n) is 9.99. The maximum atomic E-state index is 11.1. The number of hydrogen-bond acceptors (Lipinski definition) is 5. The van der Waals surface area contributed by atoms with Gasteiger partial charge in [-0.3, -0.25) is 10.1 Å². The lowest BCUT2D eigenvalue weighted by molar-refractivity contribution is -0.384. The molecule has 2 aromatic rings. The van der Waals surface area contributed by atoms with Gasteiger partial charge in [0.15, 0.2) is 0 Å². The molecule has 0 radical (unpaired) electrons. The van der Waals surface area contributed by atoms with E-state index >= 15 is 0 Å². The number of fused-ring (bicyclic) bond motifs is 3. The summed E-state index contributed by atoms with van der Waals surface area (Å²) in [4.78, 5) is 14.0. The molecule has 7 heteroatoms. The molecule has 92 valence electrons. The number of nitrogens with zero attached hydrogens (tertiary/aromatic N) is 5. The fourth-order valence-electron chi connectivity index (χ4n) is 2.34. The summed E-state index contributed by atoms with van der Waals surface area (Å²) in [6, 6.07) is 5.02. The first-order chi connectivity index (χ1) is 8.58. The number of anilines is 1. The maximum Gasteiger partial charge on any atom is 0.293 e. The van der Waals surface area contributed by atoms with Gasteiger partial charge in [0, 0.05) is 25.7 Å². The van der Waals surface area contributed by atoms with E-state index in [-0.39, 0.29) is 10.6 Å². The predicted molar refractivity (Wildman–Crippen MR) is 65.2 cm³/mol. The summed E-state index contributed by atoms with van der Waals surface area (Å²) in [5, 5.41) is 19.6. The number of nitro groups is 1. The highest BCUT2D eigenvalue weighted by atomic mass is 16.6. The molecule has 1 aliphatic heterocycles. The summed E-state index contributed by atoms with van der Waals surface area (Å²) < 4.78 is 0. The molecule has 2 heterocycles. The van der Waals surface area contributed by atoms with Crippen molar-refractivity contribution in [2.24, 2.45) is 7.05 Å². The molecule has 1 aromatic heterocycles. The number of benzene rings is 1. The normalized spacial score (nSPS) is 13.1. The third-order valence-corrected chi connectivity index (χ3v) is 3.02. The standard InChI is InChI=1S/C11H11N5O2/c1-14-6-8-10(13-15(2)12-8)7-4-3-5-9(11(7)14)16(17)18/h3-5H,6H2,1-2H3. The molecule has 0 fully saturated rings. The van der Waals surface area contributed by atoms with Crippen LogP contribution >= 0.6 is 0 Å². The lowest BCUT2D eigenvalue weighted by Crippen LogP contribution is -2.22. The minimum Gasteiger partial charge on any atom is -0.362 e. The first kappa shape index (κ1) is 10.7. The SMILES string of the molecule is CN1Cc2nn(C)nc2-c2cccc([N+](=O)[O-])c21. The van der Waals surface area contributed by atoms with Gasteiger partial charge in [0.1, 0.15) is 17.1 Å². The van der Waals surface area contributed by atoms with Crippen LogP contribution in [-0.4, -0.2) is 27.0 Å². The molecule has 0 amide bonds. The number of rotatable bonds is 1. The molecule has 18 heavy (non-hydrogen) atoms. The largest absolute Gasteiger partial charge is 0.362 e. The Morgan fingerprint density at radius 3 is 2.83 bits per heavy atom. The minimum absolute atomic E-state index is 0.103. The number of aryl methyl sites for hydroxylation is 1. The molecular formula is C11H11N5O2. The summed E-state index contributed by atoms with van der Waals surface area (Å²) in [5.74, 6) is 0. The maximum absolute atomic E-state index is 11.1. The quantitative estimate of drug-likeness (QED) is 0.559. The molecule has 0 spiro atoms. The van der Waals surface area contributed by atoms with Crippen LogP contribution in [0.25, 0.3) is 11.3 Å². The molecule has 1 aromatic carbocycles. The second-order valence-corrected chi connectivity index (χ2v) is 4.27. The van der Waals surface area contributed by atoms with E-state index in [1.165, 1.54) is 10.9 Å². The Balaban J connectivity index is 2.31. The van der Waals surface area contributed by atoms with Crippen molar-refractivity contribution < 1.29 is 4.92 Å². The first-order valence-electron chi connectivity index (χ1n) is 5.47. The van der Waals surface area contributed by atoms with Gasteiger partial charge in [-0.1, -0.05) is 12.1 Å². The van der Waals surface area contributed by atoms with Crippen molar-refractivity contribution in [2.75, 3.05) is 11.9 Å². The zero-order valence-corrected chi connectivity index (χ0v) is 9.99. The van der Waals surface area contributed by atoms with E-state index in [1.54, 1.807) is 13.1 Å². The van der Waals surface area contributed by atoms with Crippen molar-refractivity contribution in [1.29, 1.82) is 0 Å². The number of aromatic nitrogens is 3. The monoisotopic (exact) mass is 245 g/mol. The van der Waals surface area contributed by atoms with Crippen molar-refractivity contribution in [3.63, 3.8) is 0 Å². The fraction of sp³-hybridized carbons (Fsp3) is 0.273. The Bertz CT molecular complexity index is 649. The van der Waals surface area contributed by atoms with Gasteiger partial charge in [0.05, 0.1) is 11.5 Å². The average Bonchev–Trinajstić information content (AvgIpc) is 2.69. The van der Waals surface area contributed by atoms with Crippen LogP contribution in [0.15, 0.2) is 18.2 Å². The van der Waals surface area contributed by atoms with E-state index in [2.05, 4.69) is 10.2 Å². The lowest BCUT2D eigenvalue weighted by Gasteiger charge is -2.25. The highest BCUT2D eigenvalue weighted by Gasteiger charge is 2.30. The topological polar surface area (TPSA) is 77.1 Å². The highest BCUT2D eigenvalue weighted by Crippen LogP contribution is 2.42. The van der Waals surface area contributed by atoms with Crippen LogP contribution in [0, 0.1) is 10.1 Å². The number of nitro benzene ring substituents is 1. The molecule has 0 N–H and O–H groups in total. The third-order valence-electron chi connectivity index (χ3n) is 3.02. The van der Waals surface area contributed by atoms with Crippen LogP contribution in [0.5, 0.6) is 0 Å². The van der Waals surface area contributed by atoms with Crippen LogP contribution < -0.4 is 4.90 Å². The zero-order chi connectivity index (χ0) is 12.9. The van der Waals surface area contributed by atoms with Crippen molar-refractivity contribution in [1.82, 2.24) is 15.0 Å². The predicted octanol–water partition coefficient (Wildman–Crippen LogP) is 1.34. The van der Waals surface area contributed by atoms with Gasteiger partial charge in [-0.15, -0.1) is 0 Å². The van der Waals surface area contributed by atoms with E-state index in [0.717, 1.165) is 17.0 Å². The molecule has 7 nitrogen and oxygen atoms in total. The summed E-state index contributed by atoms with van der Waals surface area (Å²) in [6.45, 7) is 0.529. The van der Waals surface area contributed by atoms with Crippen LogP contribution in [0.1, 0.15) is 5.69 Å². The minimum atomic E-state index is -0.364. The fourth-order valence-corrected chi connectivity index (χ4v) is 2.34. The smallest absolute Gasteiger partial charge is 0.293 e. The molecule has 1 aliphatic rings. The lowest BCUT2D eigenvalue weighted by atomic mass is 10.0. The molecule has 0 saturated carbocycles. The molecule has 0 bridgehead atoms. The Labute approximate surface area is 103 Å². The molecule has 0 unspecified atom stereocenters. The summed E-state index contributed by atoms with van der Waals surface area (Å²) in [7, 11) is 3.57. The Hall–Kier alpha value is -2.44. The Morgan fingerprint density at radius 2 is 2.11 bits per heavy atom. The van der Waals surface area contributed by atoms with Crippen LogP contribution in [0.2, 0.25) is 0 Å². The van der Waals surface area contributed by atoms with Crippen LogP contribution in [0.4, 0.5) is 11.4 Å². The van der Waals surface area contributed by atoms with Gasteiger partial charge >= 0.3 is 0 Å². The molecule has 3 rings (SSSR count). The Morgan fingerprint density at radius 1 is 1.33 bits per heavy atom.